The molecular formula is C9H9FO4. The molecule has 2 aliphatic carbocycles. The van der Waals surface area contributed by atoms with E-state index >= 15 is 0 Å². The topological polar surface area (TPSA) is 63.6 Å². The molecule has 1 aliphatic heterocycles. The highest BCUT2D eigenvalue weighted by Gasteiger charge is 2.69. The van der Waals surface area contributed by atoms with Crippen LogP contribution in [0.5, 0.6) is 0 Å². The first kappa shape index (κ1) is 8.20. The van der Waals surface area contributed by atoms with Crippen LogP contribution in [0.3, 0.4) is 0 Å². The number of carbonyl (C=O) groups excluding carboxylic acids is 1. The Hall–Kier alpha value is -1.13. The van der Waals surface area contributed by atoms with Gasteiger partial charge in [-0.05, 0) is 6.42 Å². The van der Waals surface area contributed by atoms with Gasteiger partial charge in [-0.15, -0.1) is 0 Å². The fraction of sp³-hybridized carbons (Fsp3) is 0.778. The molecule has 4 nitrogen and oxygen atoms in total. The molecule has 6 unspecified atom stereocenters. The van der Waals surface area contributed by atoms with Crippen molar-refractivity contribution in [2.24, 2.45) is 23.7 Å². The highest BCUT2D eigenvalue weighted by atomic mass is 19.1. The average molecular weight is 200 g/mol. The van der Waals surface area contributed by atoms with Crippen LogP contribution in [-0.2, 0) is 14.3 Å². The maximum absolute atomic E-state index is 13.6. The van der Waals surface area contributed by atoms with E-state index < -0.39 is 42.0 Å². The van der Waals surface area contributed by atoms with Gasteiger partial charge in [-0.3, -0.25) is 9.59 Å². The Morgan fingerprint density at radius 1 is 1.50 bits per heavy atom. The summed E-state index contributed by atoms with van der Waals surface area (Å²) in [6.45, 7) is 0. The zero-order chi connectivity index (χ0) is 10.0. The van der Waals surface area contributed by atoms with E-state index in [0.717, 1.165) is 0 Å². The second kappa shape index (κ2) is 2.27. The molecule has 76 valence electrons. The van der Waals surface area contributed by atoms with Crippen molar-refractivity contribution in [3.8, 4) is 0 Å². The quantitative estimate of drug-likeness (QED) is 0.615. The highest BCUT2D eigenvalue weighted by Crippen LogP contribution is 2.58. The Bertz CT molecular complexity index is 329. The number of esters is 1. The van der Waals surface area contributed by atoms with Crippen LogP contribution in [0.1, 0.15) is 6.42 Å². The molecule has 1 heterocycles. The van der Waals surface area contributed by atoms with Gasteiger partial charge in [0.1, 0.15) is 12.3 Å². The molecule has 3 aliphatic rings. The molecule has 14 heavy (non-hydrogen) atoms. The van der Waals surface area contributed by atoms with Gasteiger partial charge in [0.05, 0.1) is 11.8 Å². The lowest BCUT2D eigenvalue weighted by Crippen LogP contribution is -2.38. The maximum Gasteiger partial charge on any atom is 0.310 e. The third kappa shape index (κ3) is 0.701. The van der Waals surface area contributed by atoms with Crippen LogP contribution in [0.15, 0.2) is 0 Å². The minimum Gasteiger partial charge on any atom is -0.481 e. The number of ether oxygens (including phenoxy) is 1. The number of carboxylic acid groups (broad SMARTS) is 1. The molecule has 0 amide bonds. The Labute approximate surface area is 79.0 Å². The predicted molar refractivity (Wildman–Crippen MR) is 41.0 cm³/mol. The number of rotatable bonds is 1. The number of fused-ring (bicyclic) bond motifs is 1. The molecule has 3 rings (SSSR count). The lowest BCUT2D eigenvalue weighted by atomic mass is 9.79. The van der Waals surface area contributed by atoms with Gasteiger partial charge in [-0.2, -0.15) is 0 Å². The van der Waals surface area contributed by atoms with E-state index in [1.54, 1.807) is 0 Å². The summed E-state index contributed by atoms with van der Waals surface area (Å²) in [5.41, 5.74) is 0. The van der Waals surface area contributed by atoms with Gasteiger partial charge in [0.2, 0.25) is 0 Å². The highest BCUT2D eigenvalue weighted by molar-refractivity contribution is 5.85. The zero-order valence-electron chi connectivity index (χ0n) is 7.22. The summed E-state index contributed by atoms with van der Waals surface area (Å²) in [6.07, 6.45) is -1.45. The van der Waals surface area contributed by atoms with E-state index in [0.29, 0.717) is 6.42 Å². The monoisotopic (exact) mass is 200 g/mol. The van der Waals surface area contributed by atoms with Gasteiger partial charge < -0.3 is 9.84 Å². The first-order valence-corrected chi connectivity index (χ1v) is 4.68. The van der Waals surface area contributed by atoms with Crippen molar-refractivity contribution in [2.75, 3.05) is 0 Å². The molecule has 2 saturated carbocycles. The van der Waals surface area contributed by atoms with Crippen LogP contribution < -0.4 is 0 Å². The van der Waals surface area contributed by atoms with Crippen molar-refractivity contribution in [2.45, 2.75) is 18.7 Å². The van der Waals surface area contributed by atoms with Gasteiger partial charge in [0, 0.05) is 11.8 Å². The lowest BCUT2D eigenvalue weighted by molar-refractivity contribution is -0.151. The fourth-order valence-electron chi connectivity index (χ4n) is 3.31. The number of alkyl halides is 1. The molecule has 1 N–H and O–H groups in total. The summed E-state index contributed by atoms with van der Waals surface area (Å²) in [5.74, 6) is -3.74. The maximum atomic E-state index is 13.6. The third-order valence-electron chi connectivity index (χ3n) is 3.81. The zero-order valence-corrected chi connectivity index (χ0v) is 7.22. The average Bonchev–Trinajstić information content (AvgIpc) is 2.67. The van der Waals surface area contributed by atoms with Crippen molar-refractivity contribution < 1.29 is 23.8 Å². The Morgan fingerprint density at radius 3 is 2.86 bits per heavy atom. The largest absolute Gasteiger partial charge is 0.481 e. The molecule has 0 aromatic carbocycles. The second-order valence-corrected chi connectivity index (χ2v) is 4.30. The summed E-state index contributed by atoms with van der Waals surface area (Å²) in [6, 6.07) is 0. The smallest absolute Gasteiger partial charge is 0.310 e. The summed E-state index contributed by atoms with van der Waals surface area (Å²) >= 11 is 0. The first-order valence-electron chi connectivity index (χ1n) is 4.68. The predicted octanol–water partition coefficient (Wildman–Crippen LogP) is 0.217. The molecular weight excluding hydrogens is 191 g/mol. The van der Waals surface area contributed by atoms with E-state index in [4.69, 9.17) is 9.84 Å². The van der Waals surface area contributed by atoms with E-state index in [-0.39, 0.29) is 5.92 Å². The summed E-state index contributed by atoms with van der Waals surface area (Å²) < 4.78 is 18.4. The van der Waals surface area contributed by atoms with Gasteiger partial charge in [0.25, 0.3) is 0 Å². The summed E-state index contributed by atoms with van der Waals surface area (Å²) in [4.78, 5) is 22.2. The molecule has 0 aromatic rings. The molecule has 5 heteroatoms. The number of aliphatic carboxylic acids is 1. The van der Waals surface area contributed by atoms with Gasteiger partial charge in [0.15, 0.2) is 0 Å². The number of hydrogen-bond donors (Lipinski definition) is 1. The number of halogens is 1. The molecule has 6 atom stereocenters. The summed E-state index contributed by atoms with van der Waals surface area (Å²) in [7, 11) is 0. The van der Waals surface area contributed by atoms with Crippen LogP contribution in [0.2, 0.25) is 0 Å². The minimum atomic E-state index is -1.27. The van der Waals surface area contributed by atoms with E-state index in [2.05, 4.69) is 0 Å². The van der Waals surface area contributed by atoms with Crippen molar-refractivity contribution in [1.29, 1.82) is 0 Å². The Balaban J connectivity index is 2.04. The van der Waals surface area contributed by atoms with Crippen LogP contribution in [0.25, 0.3) is 0 Å². The second-order valence-electron chi connectivity index (χ2n) is 4.30. The van der Waals surface area contributed by atoms with E-state index in [9.17, 15) is 14.0 Å². The number of hydrogen-bond acceptors (Lipinski definition) is 3. The molecule has 0 aromatic heterocycles. The van der Waals surface area contributed by atoms with Gasteiger partial charge >= 0.3 is 11.9 Å². The Kier molecular flexibility index (Phi) is 1.33. The van der Waals surface area contributed by atoms with E-state index in [1.165, 1.54) is 0 Å². The molecule has 3 fully saturated rings. The van der Waals surface area contributed by atoms with Crippen molar-refractivity contribution >= 4 is 11.9 Å². The number of carboxylic acids is 1. The first-order chi connectivity index (χ1) is 6.61. The minimum absolute atomic E-state index is 0.191. The van der Waals surface area contributed by atoms with Crippen LogP contribution in [0.4, 0.5) is 4.39 Å². The molecule has 2 bridgehead atoms. The van der Waals surface area contributed by atoms with Crippen molar-refractivity contribution in [3.63, 3.8) is 0 Å². The fourth-order valence-corrected chi connectivity index (χ4v) is 3.31. The summed E-state index contributed by atoms with van der Waals surface area (Å²) in [5, 5.41) is 8.92. The number of carbonyl (C=O) groups is 2. The SMILES string of the molecule is O=C(O)C1C2CC3C(OC(=O)C31)C2F. The lowest BCUT2D eigenvalue weighted by Gasteiger charge is -2.23. The van der Waals surface area contributed by atoms with E-state index in [1.807, 2.05) is 0 Å². The van der Waals surface area contributed by atoms with Crippen molar-refractivity contribution in [1.82, 2.24) is 0 Å². The molecule has 0 spiro atoms. The molecule has 0 radical (unpaired) electrons. The van der Waals surface area contributed by atoms with Gasteiger partial charge in [-0.25, -0.2) is 4.39 Å². The van der Waals surface area contributed by atoms with Crippen LogP contribution in [-0.4, -0.2) is 29.3 Å². The van der Waals surface area contributed by atoms with Crippen LogP contribution in [0, 0.1) is 23.7 Å². The molecule has 1 saturated heterocycles. The third-order valence-corrected chi connectivity index (χ3v) is 3.81. The normalized spacial score (nSPS) is 53.6. The van der Waals surface area contributed by atoms with Crippen LogP contribution >= 0.6 is 0 Å². The van der Waals surface area contributed by atoms with Gasteiger partial charge in [-0.1, -0.05) is 0 Å². The Morgan fingerprint density at radius 2 is 2.21 bits per heavy atom. The standard InChI is InChI=1S/C9H9FO4/c10-6-2-1-3-5(4(2)8(11)12)9(13)14-7(3)6/h2-7H,1H2,(H,11,12). The van der Waals surface area contributed by atoms with Crippen molar-refractivity contribution in [3.05, 3.63) is 0 Å².